The maximum absolute atomic E-state index is 12.3. The van der Waals surface area contributed by atoms with E-state index in [4.69, 9.17) is 5.26 Å². The second-order valence-corrected chi connectivity index (χ2v) is 6.89. The zero-order valence-corrected chi connectivity index (χ0v) is 14.6. The van der Waals surface area contributed by atoms with E-state index in [0.29, 0.717) is 6.42 Å². The van der Waals surface area contributed by atoms with Gasteiger partial charge in [-0.3, -0.25) is 4.79 Å². The van der Waals surface area contributed by atoms with Crippen molar-refractivity contribution in [3.05, 3.63) is 42.5 Å². The lowest BCUT2D eigenvalue weighted by Crippen LogP contribution is -2.31. The van der Waals surface area contributed by atoms with E-state index < -0.39 is 0 Å². The summed E-state index contributed by atoms with van der Waals surface area (Å²) in [6, 6.07) is 9.65. The number of carbonyl (C=O) groups is 1. The molecule has 1 aromatic rings. The van der Waals surface area contributed by atoms with Crippen LogP contribution >= 0.6 is 0 Å². The quantitative estimate of drug-likeness (QED) is 0.789. The Morgan fingerprint density at radius 1 is 1.43 bits per heavy atom. The lowest BCUT2D eigenvalue weighted by atomic mass is 9.72. The van der Waals surface area contributed by atoms with Gasteiger partial charge in [-0.25, -0.2) is 0 Å². The second-order valence-electron chi connectivity index (χ2n) is 6.89. The number of nitrogens with zero attached hydrogens (tertiary/aromatic N) is 1. The van der Waals surface area contributed by atoms with Crippen LogP contribution in [-0.2, 0) is 11.2 Å². The van der Waals surface area contributed by atoms with Crippen LogP contribution in [-0.4, -0.2) is 5.91 Å². The van der Waals surface area contributed by atoms with Gasteiger partial charge in [-0.15, -0.1) is 6.58 Å². The first kappa shape index (κ1) is 19.0. The predicted octanol–water partition coefficient (Wildman–Crippen LogP) is 5.10. The zero-order valence-electron chi connectivity index (χ0n) is 14.6. The van der Waals surface area contributed by atoms with E-state index in [1.165, 1.54) is 6.42 Å². The fourth-order valence-corrected chi connectivity index (χ4v) is 2.96. The molecular formula is C20H28N2O. The van der Waals surface area contributed by atoms with Gasteiger partial charge in [0, 0.05) is 11.6 Å². The molecule has 1 atom stereocenters. The maximum Gasteiger partial charge on any atom is 0.227 e. The molecule has 0 bridgehead atoms. The molecule has 1 N–H and O–H groups in total. The highest BCUT2D eigenvalue weighted by molar-refractivity contribution is 5.92. The molecule has 1 unspecified atom stereocenters. The van der Waals surface area contributed by atoms with Crippen LogP contribution in [0, 0.1) is 22.7 Å². The van der Waals surface area contributed by atoms with Crippen LogP contribution in [0.5, 0.6) is 0 Å². The molecule has 0 aliphatic heterocycles. The Labute approximate surface area is 140 Å². The molecule has 0 spiro atoms. The maximum atomic E-state index is 12.3. The summed E-state index contributed by atoms with van der Waals surface area (Å²) in [6.07, 6.45) is 6.45. The molecule has 1 aliphatic carbocycles. The summed E-state index contributed by atoms with van der Waals surface area (Å²) in [7, 11) is 0. The van der Waals surface area contributed by atoms with Gasteiger partial charge in [-0.05, 0) is 49.3 Å². The molecule has 124 valence electrons. The third-order valence-corrected chi connectivity index (χ3v) is 4.08. The summed E-state index contributed by atoms with van der Waals surface area (Å²) in [6.45, 7) is 9.73. The molecule has 3 nitrogen and oxygen atoms in total. The van der Waals surface area contributed by atoms with Crippen molar-refractivity contribution in [1.82, 2.24) is 0 Å². The molecule has 2 rings (SSSR count). The zero-order chi connectivity index (χ0) is 17.3. The number of hydrogen-bond acceptors (Lipinski definition) is 2. The topological polar surface area (TPSA) is 52.9 Å². The molecule has 0 aromatic heterocycles. The third-order valence-electron chi connectivity index (χ3n) is 4.08. The summed E-state index contributed by atoms with van der Waals surface area (Å²) in [5.41, 5.74) is 2.07. The Morgan fingerprint density at radius 2 is 2.04 bits per heavy atom. The van der Waals surface area contributed by atoms with Gasteiger partial charge >= 0.3 is 0 Å². The highest BCUT2D eigenvalue weighted by Gasteiger charge is 2.31. The summed E-state index contributed by atoms with van der Waals surface area (Å²) < 4.78 is 0. The SMILES string of the molecule is C=CC.CC1(C)CCCC(C(=O)Nc2ccc(CC#N)cc2)C1. The van der Waals surface area contributed by atoms with E-state index in [0.717, 1.165) is 30.5 Å². The number of amides is 1. The summed E-state index contributed by atoms with van der Waals surface area (Å²) >= 11 is 0. The van der Waals surface area contributed by atoms with E-state index in [1.807, 2.05) is 31.2 Å². The lowest BCUT2D eigenvalue weighted by Gasteiger charge is -2.34. The van der Waals surface area contributed by atoms with E-state index >= 15 is 0 Å². The first-order chi connectivity index (χ1) is 10.9. The average molecular weight is 312 g/mol. The highest BCUT2D eigenvalue weighted by Crippen LogP contribution is 2.38. The van der Waals surface area contributed by atoms with E-state index in [9.17, 15) is 4.79 Å². The van der Waals surface area contributed by atoms with Gasteiger partial charge in [0.1, 0.15) is 0 Å². The number of allylic oxidation sites excluding steroid dienone is 1. The molecule has 1 amide bonds. The molecule has 1 saturated carbocycles. The normalized spacial score (nSPS) is 18.8. The molecule has 1 aliphatic rings. The average Bonchev–Trinajstić information content (AvgIpc) is 2.49. The van der Waals surface area contributed by atoms with Crippen LogP contribution < -0.4 is 5.32 Å². The number of benzene rings is 1. The summed E-state index contributed by atoms with van der Waals surface area (Å²) in [5, 5.41) is 11.6. The molecule has 0 heterocycles. The number of hydrogen-bond donors (Lipinski definition) is 1. The molecule has 0 radical (unpaired) electrons. The Morgan fingerprint density at radius 3 is 2.57 bits per heavy atom. The summed E-state index contributed by atoms with van der Waals surface area (Å²) in [4.78, 5) is 12.3. The second kappa shape index (κ2) is 9.15. The molecule has 3 heteroatoms. The van der Waals surface area contributed by atoms with Crippen molar-refractivity contribution in [2.75, 3.05) is 5.32 Å². The van der Waals surface area contributed by atoms with Crippen molar-refractivity contribution in [1.29, 1.82) is 5.26 Å². The number of nitrogens with one attached hydrogen (secondary N) is 1. The number of nitriles is 1. The van der Waals surface area contributed by atoms with Crippen molar-refractivity contribution < 1.29 is 4.79 Å². The molecule has 1 aromatic carbocycles. The fraction of sp³-hybridized carbons (Fsp3) is 0.500. The first-order valence-corrected chi connectivity index (χ1v) is 8.25. The van der Waals surface area contributed by atoms with E-state index in [2.05, 4.69) is 31.8 Å². The van der Waals surface area contributed by atoms with Gasteiger partial charge in [-0.1, -0.05) is 38.5 Å². The largest absolute Gasteiger partial charge is 0.326 e. The molecule has 1 fully saturated rings. The van der Waals surface area contributed by atoms with Crippen molar-refractivity contribution in [2.24, 2.45) is 11.3 Å². The van der Waals surface area contributed by atoms with E-state index in [-0.39, 0.29) is 17.2 Å². The smallest absolute Gasteiger partial charge is 0.227 e. The Kier molecular flexibility index (Phi) is 7.54. The van der Waals surface area contributed by atoms with Crippen LogP contribution in [0.2, 0.25) is 0 Å². The van der Waals surface area contributed by atoms with Gasteiger partial charge in [0.2, 0.25) is 5.91 Å². The molecule has 0 saturated heterocycles. The number of rotatable bonds is 3. The van der Waals surface area contributed by atoms with Gasteiger partial charge in [0.05, 0.1) is 12.5 Å². The fourth-order valence-electron chi connectivity index (χ4n) is 2.96. The molecule has 23 heavy (non-hydrogen) atoms. The van der Waals surface area contributed by atoms with Crippen LogP contribution in [0.15, 0.2) is 36.9 Å². The first-order valence-electron chi connectivity index (χ1n) is 8.25. The van der Waals surface area contributed by atoms with Crippen molar-refractivity contribution in [3.63, 3.8) is 0 Å². The van der Waals surface area contributed by atoms with Gasteiger partial charge in [0.25, 0.3) is 0 Å². The predicted molar refractivity (Wildman–Crippen MR) is 96.0 cm³/mol. The van der Waals surface area contributed by atoms with Gasteiger partial charge in [-0.2, -0.15) is 5.26 Å². The number of anilines is 1. The highest BCUT2D eigenvalue weighted by atomic mass is 16.1. The minimum Gasteiger partial charge on any atom is -0.326 e. The lowest BCUT2D eigenvalue weighted by molar-refractivity contribution is -0.122. The minimum atomic E-state index is 0.123. The van der Waals surface area contributed by atoms with Gasteiger partial charge in [0.15, 0.2) is 0 Å². The van der Waals surface area contributed by atoms with Crippen LogP contribution in [0.1, 0.15) is 52.0 Å². The minimum absolute atomic E-state index is 0.123. The summed E-state index contributed by atoms with van der Waals surface area (Å²) in [5.74, 6) is 0.253. The van der Waals surface area contributed by atoms with Crippen molar-refractivity contribution in [2.45, 2.75) is 52.9 Å². The monoisotopic (exact) mass is 312 g/mol. The van der Waals surface area contributed by atoms with Gasteiger partial charge < -0.3 is 5.32 Å². The van der Waals surface area contributed by atoms with E-state index in [1.54, 1.807) is 6.08 Å². The van der Waals surface area contributed by atoms with Crippen molar-refractivity contribution >= 4 is 11.6 Å². The van der Waals surface area contributed by atoms with Crippen molar-refractivity contribution in [3.8, 4) is 6.07 Å². The standard InChI is InChI=1S/C17H22N2O.C3H6/c1-17(2)10-3-4-14(12-17)16(20)19-15-7-5-13(6-8-15)9-11-18;1-3-2/h5-8,14H,3-4,9-10,12H2,1-2H3,(H,19,20);3H,1H2,2H3. The Hall–Kier alpha value is -2.08. The van der Waals surface area contributed by atoms with Crippen LogP contribution in [0.25, 0.3) is 0 Å². The van der Waals surface area contributed by atoms with Crippen LogP contribution in [0.4, 0.5) is 5.69 Å². The number of carbonyl (C=O) groups excluding carboxylic acids is 1. The Bertz CT molecular complexity index is 552. The molecular weight excluding hydrogens is 284 g/mol. The Balaban J connectivity index is 0.000000816. The van der Waals surface area contributed by atoms with Crippen LogP contribution in [0.3, 0.4) is 0 Å². The third kappa shape index (κ3) is 6.69.